The summed E-state index contributed by atoms with van der Waals surface area (Å²) in [7, 11) is 0. The molecule has 2 aromatic rings. The number of hydrogen-bond acceptors (Lipinski definition) is 2. The van der Waals surface area contributed by atoms with Crippen LogP contribution in [-0.2, 0) is 0 Å². The third-order valence-electron chi connectivity index (χ3n) is 3.95. The van der Waals surface area contributed by atoms with Crippen LogP contribution in [-0.4, -0.2) is 6.54 Å². The third-order valence-corrected chi connectivity index (χ3v) is 4.64. The van der Waals surface area contributed by atoms with Gasteiger partial charge in [-0.05, 0) is 83.6 Å². The maximum atomic E-state index is 6.02. The van der Waals surface area contributed by atoms with Gasteiger partial charge >= 0.3 is 0 Å². The van der Waals surface area contributed by atoms with Crippen LogP contribution < -0.4 is 11.1 Å². The molecule has 2 nitrogen and oxygen atoms in total. The predicted octanol–water partition coefficient (Wildman–Crippen LogP) is 4.79. The van der Waals surface area contributed by atoms with Gasteiger partial charge in [0.05, 0.1) is 6.04 Å². The maximum Gasteiger partial charge on any atom is 0.0639 e. The van der Waals surface area contributed by atoms with E-state index in [0.29, 0.717) is 6.54 Å². The molecule has 0 aliphatic carbocycles. The lowest BCUT2D eigenvalue weighted by atomic mass is 9.95. The van der Waals surface area contributed by atoms with Crippen molar-refractivity contribution in [3.05, 3.63) is 62.6 Å². The summed E-state index contributed by atoms with van der Waals surface area (Å²) in [5, 5.41) is 3.57. The molecule has 2 aromatic carbocycles. The molecule has 0 spiro atoms. The van der Waals surface area contributed by atoms with E-state index >= 15 is 0 Å². The van der Waals surface area contributed by atoms with Gasteiger partial charge in [0, 0.05) is 16.7 Å². The highest BCUT2D eigenvalue weighted by Gasteiger charge is 2.14. The fourth-order valence-corrected chi connectivity index (χ4v) is 2.92. The number of aryl methyl sites for hydroxylation is 4. The topological polar surface area (TPSA) is 38.0 Å². The molecule has 0 radical (unpaired) electrons. The van der Waals surface area contributed by atoms with Crippen molar-refractivity contribution in [3.8, 4) is 0 Å². The second-order valence-corrected chi connectivity index (χ2v) is 6.56. The molecule has 21 heavy (non-hydrogen) atoms. The Kier molecular flexibility index (Phi) is 5.07. The summed E-state index contributed by atoms with van der Waals surface area (Å²) in [6.07, 6.45) is 0. The van der Waals surface area contributed by atoms with Crippen molar-refractivity contribution in [1.29, 1.82) is 0 Å². The van der Waals surface area contributed by atoms with Gasteiger partial charge in [0.25, 0.3) is 0 Å². The van der Waals surface area contributed by atoms with Crippen LogP contribution >= 0.6 is 15.9 Å². The van der Waals surface area contributed by atoms with E-state index in [1.165, 1.54) is 27.8 Å². The minimum absolute atomic E-state index is 0.113. The molecule has 1 unspecified atom stereocenters. The summed E-state index contributed by atoms with van der Waals surface area (Å²) in [5.74, 6) is 0. The summed E-state index contributed by atoms with van der Waals surface area (Å²) < 4.78 is 1.06. The lowest BCUT2D eigenvalue weighted by molar-refractivity contribution is 0.781. The maximum absolute atomic E-state index is 6.02. The van der Waals surface area contributed by atoms with Gasteiger partial charge in [0.1, 0.15) is 0 Å². The Morgan fingerprint density at radius 2 is 1.67 bits per heavy atom. The van der Waals surface area contributed by atoms with Gasteiger partial charge in [0.15, 0.2) is 0 Å². The number of nitrogens with two attached hydrogens (primary N) is 1. The smallest absolute Gasteiger partial charge is 0.0639 e. The molecule has 0 amide bonds. The zero-order valence-corrected chi connectivity index (χ0v) is 14.7. The molecule has 0 fully saturated rings. The fraction of sp³-hybridized carbons (Fsp3) is 0.333. The lowest BCUT2D eigenvalue weighted by Gasteiger charge is -2.23. The van der Waals surface area contributed by atoms with Gasteiger partial charge in [-0.25, -0.2) is 0 Å². The van der Waals surface area contributed by atoms with Crippen molar-refractivity contribution >= 4 is 21.6 Å². The van der Waals surface area contributed by atoms with E-state index in [2.05, 4.69) is 79.3 Å². The highest BCUT2D eigenvalue weighted by atomic mass is 79.9. The highest BCUT2D eigenvalue weighted by molar-refractivity contribution is 9.10. The number of nitrogens with one attached hydrogen (secondary N) is 1. The van der Waals surface area contributed by atoms with Crippen LogP contribution in [0.25, 0.3) is 0 Å². The average molecular weight is 347 g/mol. The molecule has 3 heteroatoms. The van der Waals surface area contributed by atoms with Crippen molar-refractivity contribution in [2.45, 2.75) is 33.7 Å². The van der Waals surface area contributed by atoms with Crippen LogP contribution in [0.1, 0.15) is 33.9 Å². The van der Waals surface area contributed by atoms with Crippen molar-refractivity contribution < 1.29 is 0 Å². The zero-order valence-electron chi connectivity index (χ0n) is 13.1. The van der Waals surface area contributed by atoms with E-state index in [9.17, 15) is 0 Å². The van der Waals surface area contributed by atoms with Gasteiger partial charge in [-0.1, -0.05) is 18.2 Å². The van der Waals surface area contributed by atoms with Crippen molar-refractivity contribution in [2.75, 3.05) is 11.9 Å². The number of halogens is 1. The lowest BCUT2D eigenvalue weighted by Crippen LogP contribution is -2.22. The molecule has 0 saturated heterocycles. The first-order valence-corrected chi connectivity index (χ1v) is 8.02. The third kappa shape index (κ3) is 3.66. The van der Waals surface area contributed by atoms with Crippen molar-refractivity contribution in [1.82, 2.24) is 0 Å². The van der Waals surface area contributed by atoms with E-state index in [4.69, 9.17) is 5.73 Å². The highest BCUT2D eigenvalue weighted by Crippen LogP contribution is 2.29. The standard InChI is InChI=1S/C18H23BrN2/c1-11-5-6-16(19)17(7-11)21-18(10-20)15-9-13(3)12(2)8-14(15)4/h5-9,18,21H,10,20H2,1-4H3. The molecule has 1 atom stereocenters. The molecule has 0 saturated carbocycles. The van der Waals surface area contributed by atoms with E-state index in [0.717, 1.165) is 10.2 Å². The number of rotatable bonds is 4. The van der Waals surface area contributed by atoms with E-state index < -0.39 is 0 Å². The number of hydrogen-bond donors (Lipinski definition) is 2. The summed E-state index contributed by atoms with van der Waals surface area (Å²) in [4.78, 5) is 0. The largest absolute Gasteiger partial charge is 0.376 e. The Balaban J connectivity index is 2.36. The SMILES string of the molecule is Cc1ccc(Br)c(NC(CN)c2cc(C)c(C)cc2C)c1. The van der Waals surface area contributed by atoms with E-state index in [-0.39, 0.29) is 6.04 Å². The molecular formula is C18H23BrN2. The normalized spacial score (nSPS) is 12.3. The second-order valence-electron chi connectivity index (χ2n) is 5.71. The first-order valence-electron chi connectivity index (χ1n) is 7.23. The second kappa shape index (κ2) is 6.63. The predicted molar refractivity (Wildman–Crippen MR) is 95.0 cm³/mol. The molecular weight excluding hydrogens is 324 g/mol. The van der Waals surface area contributed by atoms with Crippen LogP contribution in [0.15, 0.2) is 34.8 Å². The molecule has 3 N–H and O–H groups in total. The quantitative estimate of drug-likeness (QED) is 0.834. The van der Waals surface area contributed by atoms with Crippen LogP contribution in [0.2, 0.25) is 0 Å². The van der Waals surface area contributed by atoms with Crippen LogP contribution in [0, 0.1) is 27.7 Å². The van der Waals surface area contributed by atoms with Crippen LogP contribution in [0.4, 0.5) is 5.69 Å². The summed E-state index contributed by atoms with van der Waals surface area (Å²) in [6.45, 7) is 9.10. The zero-order chi connectivity index (χ0) is 15.6. The fourth-order valence-electron chi connectivity index (χ4n) is 2.56. The Morgan fingerprint density at radius 3 is 2.33 bits per heavy atom. The molecule has 0 aliphatic heterocycles. The Morgan fingerprint density at radius 1 is 1.00 bits per heavy atom. The molecule has 0 heterocycles. The molecule has 2 rings (SSSR count). The van der Waals surface area contributed by atoms with Gasteiger partial charge in [-0.3, -0.25) is 0 Å². The van der Waals surface area contributed by atoms with Crippen LogP contribution in [0.5, 0.6) is 0 Å². The van der Waals surface area contributed by atoms with E-state index in [1.54, 1.807) is 0 Å². The monoisotopic (exact) mass is 346 g/mol. The summed E-state index contributed by atoms with van der Waals surface area (Å²) in [5.41, 5.74) is 13.5. The minimum atomic E-state index is 0.113. The molecule has 0 bridgehead atoms. The van der Waals surface area contributed by atoms with Crippen molar-refractivity contribution in [3.63, 3.8) is 0 Å². The first-order chi connectivity index (χ1) is 9.92. The van der Waals surface area contributed by atoms with Gasteiger partial charge in [-0.15, -0.1) is 0 Å². The Labute approximate surface area is 135 Å². The van der Waals surface area contributed by atoms with Gasteiger partial charge in [-0.2, -0.15) is 0 Å². The first kappa shape index (κ1) is 16.1. The van der Waals surface area contributed by atoms with Crippen molar-refractivity contribution in [2.24, 2.45) is 5.73 Å². The number of benzene rings is 2. The summed E-state index contributed by atoms with van der Waals surface area (Å²) >= 11 is 3.60. The van der Waals surface area contributed by atoms with Crippen LogP contribution in [0.3, 0.4) is 0 Å². The van der Waals surface area contributed by atoms with Gasteiger partial charge in [0.2, 0.25) is 0 Å². The van der Waals surface area contributed by atoms with E-state index in [1.807, 2.05) is 0 Å². The minimum Gasteiger partial charge on any atom is -0.376 e. The molecule has 0 aromatic heterocycles. The Hall–Kier alpha value is -1.32. The summed E-state index contributed by atoms with van der Waals surface area (Å²) in [6, 6.07) is 10.9. The molecule has 112 valence electrons. The van der Waals surface area contributed by atoms with Gasteiger partial charge < -0.3 is 11.1 Å². The molecule has 0 aliphatic rings. The average Bonchev–Trinajstić information content (AvgIpc) is 2.44. The number of anilines is 1. The Bertz CT molecular complexity index is 650.